The molecule has 0 aliphatic heterocycles. The molecule has 2 aromatic rings. The van der Waals surface area contributed by atoms with Crippen LogP contribution in [-0.4, -0.2) is 15.6 Å². The molecule has 0 radical (unpaired) electrons. The van der Waals surface area contributed by atoms with Gasteiger partial charge in [-0.1, -0.05) is 6.92 Å². The minimum Gasteiger partial charge on any atom is -0.469 e. The van der Waals surface area contributed by atoms with Crippen LogP contribution in [0.2, 0.25) is 0 Å². The van der Waals surface area contributed by atoms with Gasteiger partial charge in [0.2, 0.25) is 0 Å². The molecule has 2 aromatic heterocycles. The van der Waals surface area contributed by atoms with Crippen LogP contribution in [0.4, 0.5) is 0 Å². The molecule has 0 amide bonds. The molecule has 0 spiro atoms. The molecule has 0 unspecified atom stereocenters. The zero-order valence-corrected chi connectivity index (χ0v) is 9.93. The van der Waals surface area contributed by atoms with E-state index in [9.17, 15) is 4.79 Å². The fourth-order valence-electron chi connectivity index (χ4n) is 1.69. The van der Waals surface area contributed by atoms with Crippen LogP contribution in [0.15, 0.2) is 35.2 Å². The number of nitrogens with zero attached hydrogens (tertiary/aromatic N) is 2. The van der Waals surface area contributed by atoms with E-state index in [0.29, 0.717) is 18.4 Å². The Hall–Kier alpha value is -1.84. The number of hydrogen-bond donors (Lipinski definition) is 0. The molecule has 17 heavy (non-hydrogen) atoms. The van der Waals surface area contributed by atoms with Crippen LogP contribution >= 0.6 is 0 Å². The molecule has 0 N–H and O–H groups in total. The van der Waals surface area contributed by atoms with Crippen molar-refractivity contribution in [1.29, 1.82) is 0 Å². The van der Waals surface area contributed by atoms with E-state index in [0.717, 1.165) is 18.7 Å². The molecule has 2 heterocycles. The lowest BCUT2D eigenvalue weighted by molar-refractivity contribution is 0.0981. The van der Waals surface area contributed by atoms with E-state index in [-0.39, 0.29) is 5.78 Å². The van der Waals surface area contributed by atoms with E-state index in [4.69, 9.17) is 4.42 Å². The summed E-state index contributed by atoms with van der Waals surface area (Å²) in [6.45, 7) is 2.94. The first kappa shape index (κ1) is 11.6. The molecule has 90 valence electrons. The summed E-state index contributed by atoms with van der Waals surface area (Å²) in [6, 6.07) is 3.72. The zero-order valence-electron chi connectivity index (χ0n) is 9.93. The number of hydrogen-bond acceptors (Lipinski definition) is 3. The van der Waals surface area contributed by atoms with Crippen molar-refractivity contribution >= 4 is 5.78 Å². The van der Waals surface area contributed by atoms with Gasteiger partial charge in [0, 0.05) is 25.6 Å². The maximum absolute atomic E-state index is 11.9. The van der Waals surface area contributed by atoms with Crippen molar-refractivity contribution in [2.45, 2.75) is 32.7 Å². The molecule has 0 aliphatic rings. The van der Waals surface area contributed by atoms with Gasteiger partial charge in [0.25, 0.3) is 0 Å². The number of carbonyl (C=O) groups excluding carboxylic acids is 1. The Morgan fingerprint density at radius 1 is 1.53 bits per heavy atom. The van der Waals surface area contributed by atoms with Crippen molar-refractivity contribution in [2.75, 3.05) is 0 Å². The monoisotopic (exact) mass is 232 g/mol. The summed E-state index contributed by atoms with van der Waals surface area (Å²) in [5.41, 5.74) is 0.685. The standard InChI is InChI=1S/C13H16N2O2/c1-2-7-15-10-11(9-14-15)13(16)6-5-12-4-3-8-17-12/h3-4,8-10H,2,5-7H2,1H3. The molecule has 2 rings (SSSR count). The van der Waals surface area contributed by atoms with Gasteiger partial charge in [-0.25, -0.2) is 0 Å². The number of aromatic nitrogens is 2. The lowest BCUT2D eigenvalue weighted by Crippen LogP contribution is -2.00. The van der Waals surface area contributed by atoms with E-state index in [2.05, 4.69) is 12.0 Å². The minimum absolute atomic E-state index is 0.115. The summed E-state index contributed by atoms with van der Waals surface area (Å²) < 4.78 is 7.00. The Morgan fingerprint density at radius 3 is 3.12 bits per heavy atom. The highest BCUT2D eigenvalue weighted by molar-refractivity contribution is 5.95. The normalized spacial score (nSPS) is 10.6. The quantitative estimate of drug-likeness (QED) is 0.719. The molecule has 0 saturated carbocycles. The molecule has 0 atom stereocenters. The van der Waals surface area contributed by atoms with Gasteiger partial charge in [0.1, 0.15) is 5.76 Å². The molecule has 0 aromatic carbocycles. The predicted molar refractivity (Wildman–Crippen MR) is 63.9 cm³/mol. The molecule has 0 fully saturated rings. The first-order valence-corrected chi connectivity index (χ1v) is 5.87. The lowest BCUT2D eigenvalue weighted by Gasteiger charge is -1.96. The first-order valence-electron chi connectivity index (χ1n) is 5.87. The number of aryl methyl sites for hydroxylation is 2. The molecular weight excluding hydrogens is 216 g/mol. The van der Waals surface area contributed by atoms with Crippen molar-refractivity contribution < 1.29 is 9.21 Å². The summed E-state index contributed by atoms with van der Waals surface area (Å²) in [6.07, 6.45) is 7.20. The highest BCUT2D eigenvalue weighted by Crippen LogP contribution is 2.08. The van der Waals surface area contributed by atoms with E-state index >= 15 is 0 Å². The molecule has 4 heteroatoms. The second-order valence-electron chi connectivity index (χ2n) is 3.99. The van der Waals surface area contributed by atoms with Crippen molar-refractivity contribution in [3.8, 4) is 0 Å². The maximum Gasteiger partial charge on any atom is 0.166 e. The van der Waals surface area contributed by atoms with Crippen LogP contribution in [0.25, 0.3) is 0 Å². The number of rotatable bonds is 6. The molecular formula is C13H16N2O2. The van der Waals surface area contributed by atoms with Crippen LogP contribution < -0.4 is 0 Å². The third-order valence-corrected chi connectivity index (χ3v) is 2.59. The van der Waals surface area contributed by atoms with Gasteiger partial charge in [-0.3, -0.25) is 9.48 Å². The Kier molecular flexibility index (Phi) is 3.75. The van der Waals surface area contributed by atoms with Crippen LogP contribution in [0.3, 0.4) is 0 Å². The largest absolute Gasteiger partial charge is 0.469 e. The van der Waals surface area contributed by atoms with Crippen LogP contribution in [-0.2, 0) is 13.0 Å². The van der Waals surface area contributed by atoms with E-state index < -0.39 is 0 Å². The summed E-state index contributed by atoms with van der Waals surface area (Å²) in [5, 5.41) is 4.14. The molecule has 0 saturated heterocycles. The topological polar surface area (TPSA) is 48.0 Å². The Balaban J connectivity index is 1.90. The van der Waals surface area contributed by atoms with Crippen LogP contribution in [0.5, 0.6) is 0 Å². The average Bonchev–Trinajstić information content (AvgIpc) is 2.97. The predicted octanol–water partition coefficient (Wildman–Crippen LogP) is 2.70. The molecule has 4 nitrogen and oxygen atoms in total. The van der Waals surface area contributed by atoms with Crippen LogP contribution in [0.1, 0.15) is 35.9 Å². The number of carbonyl (C=O) groups is 1. The lowest BCUT2D eigenvalue weighted by atomic mass is 10.1. The van der Waals surface area contributed by atoms with Crippen molar-refractivity contribution in [2.24, 2.45) is 0 Å². The second-order valence-corrected chi connectivity index (χ2v) is 3.99. The summed E-state index contributed by atoms with van der Waals surface area (Å²) in [4.78, 5) is 11.9. The van der Waals surface area contributed by atoms with Crippen molar-refractivity contribution in [3.05, 3.63) is 42.1 Å². The van der Waals surface area contributed by atoms with E-state index in [1.54, 1.807) is 17.1 Å². The third kappa shape index (κ3) is 3.06. The Morgan fingerprint density at radius 2 is 2.41 bits per heavy atom. The molecule has 0 aliphatic carbocycles. The van der Waals surface area contributed by atoms with Gasteiger partial charge in [-0.05, 0) is 18.6 Å². The average molecular weight is 232 g/mol. The SMILES string of the molecule is CCCn1cc(C(=O)CCc2ccco2)cn1. The second kappa shape index (κ2) is 5.48. The first-order chi connectivity index (χ1) is 8.29. The maximum atomic E-state index is 11.9. The smallest absolute Gasteiger partial charge is 0.166 e. The van der Waals surface area contributed by atoms with Crippen molar-refractivity contribution in [3.63, 3.8) is 0 Å². The number of furan rings is 1. The van der Waals surface area contributed by atoms with Crippen LogP contribution in [0, 0.1) is 0 Å². The molecule has 0 bridgehead atoms. The van der Waals surface area contributed by atoms with Gasteiger partial charge in [0.15, 0.2) is 5.78 Å². The van der Waals surface area contributed by atoms with E-state index in [1.165, 1.54) is 0 Å². The number of Topliss-reactive ketones (excluding diaryl/α,β-unsaturated/α-hetero) is 1. The zero-order chi connectivity index (χ0) is 12.1. The van der Waals surface area contributed by atoms with Gasteiger partial charge >= 0.3 is 0 Å². The summed E-state index contributed by atoms with van der Waals surface area (Å²) in [7, 11) is 0. The van der Waals surface area contributed by atoms with Gasteiger partial charge in [-0.15, -0.1) is 0 Å². The Labute approximate surface area is 100 Å². The third-order valence-electron chi connectivity index (χ3n) is 2.59. The summed E-state index contributed by atoms with van der Waals surface area (Å²) in [5.74, 6) is 0.961. The number of ketones is 1. The van der Waals surface area contributed by atoms with E-state index in [1.807, 2.05) is 18.3 Å². The van der Waals surface area contributed by atoms with Gasteiger partial charge < -0.3 is 4.42 Å². The fourth-order valence-corrected chi connectivity index (χ4v) is 1.69. The highest BCUT2D eigenvalue weighted by atomic mass is 16.3. The minimum atomic E-state index is 0.115. The fraction of sp³-hybridized carbons (Fsp3) is 0.385. The van der Waals surface area contributed by atoms with Crippen molar-refractivity contribution in [1.82, 2.24) is 9.78 Å². The van der Waals surface area contributed by atoms with Gasteiger partial charge in [-0.2, -0.15) is 5.10 Å². The highest BCUT2D eigenvalue weighted by Gasteiger charge is 2.09. The van der Waals surface area contributed by atoms with Gasteiger partial charge in [0.05, 0.1) is 18.0 Å². The Bertz CT molecular complexity index is 471. The summed E-state index contributed by atoms with van der Waals surface area (Å²) >= 11 is 0.